The van der Waals surface area contributed by atoms with Crippen LogP contribution in [0.2, 0.25) is 5.02 Å². The maximum absolute atomic E-state index is 13.0. The van der Waals surface area contributed by atoms with Crippen LogP contribution in [0.25, 0.3) is 0 Å². The summed E-state index contributed by atoms with van der Waals surface area (Å²) in [5.74, 6) is -0.233. The number of carbonyl (C=O) groups excluding carboxylic acids is 1. The lowest BCUT2D eigenvalue weighted by Crippen LogP contribution is -2.26. The molecule has 0 spiro atoms. The first-order valence-electron chi connectivity index (χ1n) is 7.67. The van der Waals surface area contributed by atoms with Gasteiger partial charge in [-0.15, -0.1) is 0 Å². The Morgan fingerprint density at radius 2 is 2.27 bits per heavy atom. The van der Waals surface area contributed by atoms with Gasteiger partial charge in [0.25, 0.3) is 5.91 Å². The van der Waals surface area contributed by atoms with Gasteiger partial charge in [0.15, 0.2) is 12.3 Å². The molecule has 1 amide bonds. The van der Waals surface area contributed by atoms with Gasteiger partial charge < -0.3 is 14.1 Å². The van der Waals surface area contributed by atoms with E-state index in [1.54, 1.807) is 17.9 Å². The van der Waals surface area contributed by atoms with Crippen molar-refractivity contribution < 1.29 is 18.3 Å². The van der Waals surface area contributed by atoms with Crippen LogP contribution >= 0.6 is 11.6 Å². The fourth-order valence-electron chi connectivity index (χ4n) is 2.30. The molecule has 0 bridgehead atoms. The van der Waals surface area contributed by atoms with Crippen LogP contribution in [-0.2, 0) is 20.2 Å². The highest BCUT2D eigenvalue weighted by Crippen LogP contribution is 2.25. The summed E-state index contributed by atoms with van der Waals surface area (Å²) in [4.78, 5) is 18.0. The third kappa shape index (κ3) is 4.20. The minimum absolute atomic E-state index is 0.0368. The second-order valence-electron chi connectivity index (χ2n) is 5.67. The van der Waals surface area contributed by atoms with Gasteiger partial charge >= 0.3 is 0 Å². The first-order valence-corrected chi connectivity index (χ1v) is 8.05. The van der Waals surface area contributed by atoms with E-state index in [-0.39, 0.29) is 29.1 Å². The van der Waals surface area contributed by atoms with Gasteiger partial charge in [0.1, 0.15) is 17.8 Å². The largest absolute Gasteiger partial charge is 0.482 e. The van der Waals surface area contributed by atoms with Crippen molar-refractivity contribution in [2.24, 2.45) is 7.05 Å². The number of hydrogen-bond acceptors (Lipinski definition) is 5. The van der Waals surface area contributed by atoms with E-state index in [9.17, 15) is 9.18 Å². The van der Waals surface area contributed by atoms with E-state index in [1.165, 1.54) is 23.3 Å². The Hall–Kier alpha value is -2.87. The summed E-state index contributed by atoms with van der Waals surface area (Å²) in [5, 5.41) is 4.21. The lowest BCUT2D eigenvalue weighted by Gasteiger charge is -2.14. The number of rotatable bonds is 6. The molecule has 26 heavy (non-hydrogen) atoms. The lowest BCUT2D eigenvalue weighted by atomic mass is 10.3. The summed E-state index contributed by atoms with van der Waals surface area (Å²) in [6.07, 6.45) is 4.80. The van der Waals surface area contributed by atoms with Crippen molar-refractivity contribution in [2.45, 2.75) is 13.2 Å². The topological polar surface area (TPSA) is 73.4 Å². The molecule has 3 aromatic rings. The van der Waals surface area contributed by atoms with Crippen molar-refractivity contribution in [2.75, 3.05) is 7.05 Å². The zero-order valence-corrected chi connectivity index (χ0v) is 14.9. The molecule has 0 aliphatic carbocycles. The second kappa shape index (κ2) is 7.57. The molecule has 0 N–H and O–H groups in total. The summed E-state index contributed by atoms with van der Waals surface area (Å²) in [5.41, 5.74) is 1.07. The molecule has 136 valence electrons. The molecular weight excluding hydrogens is 363 g/mol. The number of nitrogens with zero attached hydrogens (tertiary/aromatic N) is 4. The summed E-state index contributed by atoms with van der Waals surface area (Å²) in [7, 11) is 3.47. The molecule has 1 aromatic carbocycles. The van der Waals surface area contributed by atoms with Crippen LogP contribution in [0.15, 0.2) is 41.3 Å². The van der Waals surface area contributed by atoms with Crippen molar-refractivity contribution in [3.05, 3.63) is 64.8 Å². The van der Waals surface area contributed by atoms with Crippen molar-refractivity contribution in [1.82, 2.24) is 19.7 Å². The molecule has 0 fully saturated rings. The van der Waals surface area contributed by atoms with Crippen LogP contribution in [0.4, 0.5) is 4.39 Å². The summed E-state index contributed by atoms with van der Waals surface area (Å²) >= 11 is 5.89. The minimum atomic E-state index is -0.456. The fourth-order valence-corrected chi connectivity index (χ4v) is 2.52. The lowest BCUT2D eigenvalue weighted by molar-refractivity contribution is 0.0779. The number of aryl methyl sites for hydroxylation is 1. The highest BCUT2D eigenvalue weighted by molar-refractivity contribution is 6.32. The Morgan fingerprint density at radius 1 is 1.46 bits per heavy atom. The normalized spacial score (nSPS) is 10.8. The van der Waals surface area contributed by atoms with Gasteiger partial charge in [0, 0.05) is 32.4 Å². The first-order chi connectivity index (χ1) is 12.4. The van der Waals surface area contributed by atoms with E-state index in [2.05, 4.69) is 10.1 Å². The van der Waals surface area contributed by atoms with E-state index in [0.29, 0.717) is 12.3 Å². The van der Waals surface area contributed by atoms with Crippen molar-refractivity contribution in [1.29, 1.82) is 0 Å². The Bertz CT molecular complexity index is 924. The quantitative estimate of drug-likeness (QED) is 0.659. The highest BCUT2D eigenvalue weighted by atomic mass is 35.5. The Morgan fingerprint density at radius 3 is 2.96 bits per heavy atom. The van der Waals surface area contributed by atoms with Gasteiger partial charge in [0.2, 0.25) is 5.89 Å². The second-order valence-corrected chi connectivity index (χ2v) is 6.08. The van der Waals surface area contributed by atoms with Crippen LogP contribution in [0.3, 0.4) is 0 Å². The van der Waals surface area contributed by atoms with Gasteiger partial charge in [-0.05, 0) is 18.2 Å². The third-order valence-electron chi connectivity index (χ3n) is 3.54. The van der Waals surface area contributed by atoms with Crippen LogP contribution in [0, 0.1) is 5.82 Å². The van der Waals surface area contributed by atoms with Gasteiger partial charge in [-0.2, -0.15) is 5.10 Å². The maximum Gasteiger partial charge on any atom is 0.275 e. The smallest absolute Gasteiger partial charge is 0.275 e. The van der Waals surface area contributed by atoms with Gasteiger partial charge in [0.05, 0.1) is 11.2 Å². The van der Waals surface area contributed by atoms with E-state index in [1.807, 2.05) is 13.2 Å². The first kappa shape index (κ1) is 17.9. The predicted molar refractivity (Wildman–Crippen MR) is 91.3 cm³/mol. The molecule has 0 saturated heterocycles. The summed E-state index contributed by atoms with van der Waals surface area (Å²) < 4.78 is 25.4. The number of benzene rings is 1. The SMILES string of the molecule is CN(Cc1cnn(C)c1)C(=O)c1coc(COc2ccc(F)cc2Cl)n1. The van der Waals surface area contributed by atoms with E-state index >= 15 is 0 Å². The molecule has 0 radical (unpaired) electrons. The molecule has 2 aromatic heterocycles. The number of halogens is 2. The molecule has 0 aliphatic rings. The van der Waals surface area contributed by atoms with Crippen molar-refractivity contribution in [3.8, 4) is 5.75 Å². The van der Waals surface area contributed by atoms with Gasteiger partial charge in [-0.25, -0.2) is 9.37 Å². The maximum atomic E-state index is 13.0. The zero-order valence-electron chi connectivity index (χ0n) is 14.1. The summed E-state index contributed by atoms with van der Waals surface area (Å²) in [6, 6.07) is 3.79. The number of oxazole rings is 1. The van der Waals surface area contributed by atoms with Gasteiger partial charge in [-0.3, -0.25) is 9.48 Å². The number of amides is 1. The monoisotopic (exact) mass is 378 g/mol. The molecule has 0 saturated carbocycles. The Labute approximate surface area is 153 Å². The van der Waals surface area contributed by atoms with Crippen LogP contribution in [-0.4, -0.2) is 32.6 Å². The predicted octanol–water partition coefficient (Wildman–Crippen LogP) is 3.05. The molecule has 0 atom stereocenters. The summed E-state index contributed by atoms with van der Waals surface area (Å²) in [6.45, 7) is 0.363. The zero-order chi connectivity index (χ0) is 18.7. The number of carbonyl (C=O) groups is 1. The minimum Gasteiger partial charge on any atom is -0.482 e. The van der Waals surface area contributed by atoms with Crippen molar-refractivity contribution >= 4 is 17.5 Å². The molecule has 9 heteroatoms. The molecule has 0 aliphatic heterocycles. The Kier molecular flexibility index (Phi) is 5.22. The van der Waals surface area contributed by atoms with E-state index in [4.69, 9.17) is 20.8 Å². The van der Waals surface area contributed by atoms with E-state index in [0.717, 1.165) is 11.6 Å². The Balaban J connectivity index is 1.60. The number of aromatic nitrogens is 3. The number of ether oxygens (including phenoxy) is 1. The molecule has 7 nitrogen and oxygen atoms in total. The average Bonchev–Trinajstić information content (AvgIpc) is 3.22. The fraction of sp³-hybridized carbons (Fsp3) is 0.235. The van der Waals surface area contributed by atoms with Gasteiger partial charge in [-0.1, -0.05) is 11.6 Å². The molecule has 0 unspecified atom stereocenters. The average molecular weight is 379 g/mol. The standard InChI is InChI=1S/C17H16ClFN4O3/c1-22(7-11-6-20-23(2)8-11)17(24)14-9-26-16(21-14)10-25-15-4-3-12(19)5-13(15)18/h3-6,8-9H,7,10H2,1-2H3. The third-order valence-corrected chi connectivity index (χ3v) is 3.84. The molecule has 2 heterocycles. The van der Waals surface area contributed by atoms with Crippen LogP contribution in [0.5, 0.6) is 5.75 Å². The highest BCUT2D eigenvalue weighted by Gasteiger charge is 2.18. The molecule has 3 rings (SSSR count). The molecular formula is C17H16ClFN4O3. The number of hydrogen-bond donors (Lipinski definition) is 0. The van der Waals surface area contributed by atoms with Crippen LogP contribution < -0.4 is 4.74 Å². The van der Waals surface area contributed by atoms with Crippen molar-refractivity contribution in [3.63, 3.8) is 0 Å². The van der Waals surface area contributed by atoms with E-state index < -0.39 is 5.82 Å². The van der Waals surface area contributed by atoms with Crippen LogP contribution in [0.1, 0.15) is 21.9 Å².